The Morgan fingerprint density at radius 3 is 2.59 bits per heavy atom. The number of piperazine rings is 1. The Morgan fingerprint density at radius 1 is 1.18 bits per heavy atom. The SMILES string of the molecule is COc1ccccc1N1CCN(C(=O)[C@H]2CN3CCC2C[C@@H]3Cn2cc(C(C)(C)O)nn2)CC1. The van der Waals surface area contributed by atoms with Gasteiger partial charge in [-0.15, -0.1) is 5.10 Å². The zero-order valence-corrected chi connectivity index (χ0v) is 20.4. The van der Waals surface area contributed by atoms with Crippen molar-refractivity contribution in [1.82, 2.24) is 24.8 Å². The summed E-state index contributed by atoms with van der Waals surface area (Å²) < 4.78 is 7.36. The van der Waals surface area contributed by atoms with E-state index in [1.807, 2.05) is 29.1 Å². The molecule has 0 aliphatic carbocycles. The number of hydrogen-bond acceptors (Lipinski definition) is 7. The summed E-state index contributed by atoms with van der Waals surface area (Å²) in [6, 6.07) is 8.45. The van der Waals surface area contributed by atoms with Crippen LogP contribution in [0.3, 0.4) is 0 Å². The molecule has 4 saturated heterocycles. The van der Waals surface area contributed by atoms with Gasteiger partial charge in [-0.25, -0.2) is 0 Å². The minimum atomic E-state index is -0.989. The number of aliphatic hydroxyl groups is 1. The largest absolute Gasteiger partial charge is 0.495 e. The third-order valence-corrected chi connectivity index (χ3v) is 7.78. The van der Waals surface area contributed by atoms with E-state index in [1.165, 1.54) is 0 Å². The second-order valence-electron chi connectivity index (χ2n) is 10.4. The number of para-hydroxylation sites is 2. The zero-order chi connectivity index (χ0) is 23.9. The van der Waals surface area contributed by atoms with Gasteiger partial charge in [0.2, 0.25) is 5.91 Å². The van der Waals surface area contributed by atoms with Crippen molar-refractivity contribution < 1.29 is 14.6 Å². The van der Waals surface area contributed by atoms with Gasteiger partial charge in [-0.1, -0.05) is 17.3 Å². The van der Waals surface area contributed by atoms with Crippen molar-refractivity contribution >= 4 is 11.6 Å². The molecule has 1 N–H and O–H groups in total. The second kappa shape index (κ2) is 9.19. The average Bonchev–Trinajstić information content (AvgIpc) is 3.33. The van der Waals surface area contributed by atoms with Crippen molar-refractivity contribution in [3.63, 3.8) is 0 Å². The molecule has 2 bridgehead atoms. The molecule has 184 valence electrons. The van der Waals surface area contributed by atoms with Gasteiger partial charge < -0.3 is 19.6 Å². The predicted octanol–water partition coefficient (Wildman–Crippen LogP) is 1.57. The predicted molar refractivity (Wildman–Crippen MR) is 129 cm³/mol. The lowest BCUT2D eigenvalue weighted by atomic mass is 9.75. The Kier molecular flexibility index (Phi) is 6.24. The van der Waals surface area contributed by atoms with Crippen LogP contribution < -0.4 is 9.64 Å². The molecule has 1 aromatic carbocycles. The first kappa shape index (κ1) is 23.1. The van der Waals surface area contributed by atoms with Crippen molar-refractivity contribution in [3.05, 3.63) is 36.2 Å². The monoisotopic (exact) mass is 468 g/mol. The summed E-state index contributed by atoms with van der Waals surface area (Å²) in [5, 5.41) is 18.5. The van der Waals surface area contributed by atoms with Gasteiger partial charge in [0.15, 0.2) is 0 Å². The number of anilines is 1. The van der Waals surface area contributed by atoms with E-state index in [9.17, 15) is 9.90 Å². The standard InChI is InChI=1S/C25H36N6O3/c1-25(2,33)23-17-31(27-26-23)15-19-14-18-8-9-30(19)16-20(18)24(32)29-12-10-28(11-13-29)21-6-4-5-7-22(21)34-3/h4-7,17-20,33H,8-16H2,1-3H3/t18?,19-,20+/m1/s1. The normalized spacial score (nSPS) is 27.2. The van der Waals surface area contributed by atoms with Crippen LogP contribution in [0.5, 0.6) is 5.75 Å². The van der Waals surface area contributed by atoms with Crippen LogP contribution in [-0.4, -0.2) is 88.2 Å². The van der Waals surface area contributed by atoms with Crippen LogP contribution in [0.4, 0.5) is 5.69 Å². The van der Waals surface area contributed by atoms with E-state index in [0.717, 1.165) is 70.1 Å². The molecule has 5 heterocycles. The van der Waals surface area contributed by atoms with Crippen LogP contribution in [-0.2, 0) is 16.9 Å². The van der Waals surface area contributed by atoms with Gasteiger partial charge in [0.25, 0.3) is 0 Å². The number of amides is 1. The number of ether oxygens (including phenoxy) is 1. The molecule has 9 nitrogen and oxygen atoms in total. The Labute approximate surface area is 201 Å². The quantitative estimate of drug-likeness (QED) is 0.689. The summed E-state index contributed by atoms with van der Waals surface area (Å²) in [6.07, 6.45) is 3.93. The molecular formula is C25H36N6O3. The molecular weight excluding hydrogens is 432 g/mol. The number of fused-ring (bicyclic) bond motifs is 3. The van der Waals surface area contributed by atoms with E-state index in [1.54, 1.807) is 21.0 Å². The molecule has 4 atom stereocenters. The van der Waals surface area contributed by atoms with Crippen molar-refractivity contribution in [2.75, 3.05) is 51.3 Å². The van der Waals surface area contributed by atoms with E-state index >= 15 is 0 Å². The van der Waals surface area contributed by atoms with Gasteiger partial charge in [-0.05, 0) is 51.3 Å². The third kappa shape index (κ3) is 4.51. The first-order valence-corrected chi connectivity index (χ1v) is 12.4. The molecule has 6 rings (SSSR count). The Balaban J connectivity index is 1.17. The van der Waals surface area contributed by atoms with E-state index in [2.05, 4.69) is 31.1 Å². The maximum absolute atomic E-state index is 13.5. The molecule has 1 aromatic heterocycles. The first-order valence-electron chi connectivity index (χ1n) is 12.4. The number of benzene rings is 1. The van der Waals surface area contributed by atoms with E-state index in [0.29, 0.717) is 23.6 Å². The highest BCUT2D eigenvalue weighted by molar-refractivity contribution is 5.80. The van der Waals surface area contributed by atoms with Crippen LogP contribution in [0.15, 0.2) is 30.5 Å². The van der Waals surface area contributed by atoms with Gasteiger partial charge in [-0.2, -0.15) is 0 Å². The maximum Gasteiger partial charge on any atom is 0.227 e. The number of carbonyl (C=O) groups is 1. The Morgan fingerprint density at radius 2 is 1.94 bits per heavy atom. The molecule has 2 unspecified atom stereocenters. The Bertz CT molecular complexity index is 1010. The molecule has 0 spiro atoms. The molecule has 4 aliphatic rings. The lowest BCUT2D eigenvalue weighted by molar-refractivity contribution is -0.144. The van der Waals surface area contributed by atoms with Crippen LogP contribution in [0.1, 0.15) is 32.4 Å². The zero-order valence-electron chi connectivity index (χ0n) is 20.4. The molecule has 9 heteroatoms. The van der Waals surface area contributed by atoms with Gasteiger partial charge in [-0.3, -0.25) is 14.4 Å². The van der Waals surface area contributed by atoms with Gasteiger partial charge in [0.1, 0.15) is 17.0 Å². The number of nitrogens with zero attached hydrogens (tertiary/aromatic N) is 6. The number of carbonyl (C=O) groups excluding carboxylic acids is 1. The topological polar surface area (TPSA) is 87.0 Å². The van der Waals surface area contributed by atoms with Crippen LogP contribution in [0, 0.1) is 11.8 Å². The lowest BCUT2D eigenvalue weighted by Gasteiger charge is -2.50. The molecule has 4 fully saturated rings. The molecule has 2 aromatic rings. The number of methoxy groups -OCH3 is 1. The van der Waals surface area contributed by atoms with Crippen LogP contribution in [0.2, 0.25) is 0 Å². The molecule has 0 radical (unpaired) electrons. The summed E-state index contributed by atoms with van der Waals surface area (Å²) in [6.45, 7) is 9.21. The minimum Gasteiger partial charge on any atom is -0.495 e. The highest BCUT2D eigenvalue weighted by Gasteiger charge is 2.45. The number of rotatable bonds is 6. The summed E-state index contributed by atoms with van der Waals surface area (Å²) in [5.74, 6) is 1.71. The highest BCUT2D eigenvalue weighted by Crippen LogP contribution is 2.38. The summed E-state index contributed by atoms with van der Waals surface area (Å²) >= 11 is 0. The lowest BCUT2D eigenvalue weighted by Crippen LogP contribution is -2.60. The molecule has 1 amide bonds. The van der Waals surface area contributed by atoms with E-state index < -0.39 is 5.60 Å². The Hall–Kier alpha value is -2.65. The van der Waals surface area contributed by atoms with Crippen molar-refractivity contribution in [2.45, 2.75) is 44.9 Å². The fourth-order valence-electron chi connectivity index (χ4n) is 5.79. The third-order valence-electron chi connectivity index (χ3n) is 7.78. The minimum absolute atomic E-state index is 0.0884. The van der Waals surface area contributed by atoms with Crippen molar-refractivity contribution in [2.24, 2.45) is 11.8 Å². The summed E-state index contributed by atoms with van der Waals surface area (Å²) in [7, 11) is 1.70. The molecule has 4 aliphatic heterocycles. The van der Waals surface area contributed by atoms with Crippen molar-refractivity contribution in [1.29, 1.82) is 0 Å². The molecule has 0 saturated carbocycles. The van der Waals surface area contributed by atoms with Gasteiger partial charge in [0.05, 0.1) is 31.5 Å². The average molecular weight is 469 g/mol. The number of hydrogen-bond donors (Lipinski definition) is 1. The van der Waals surface area contributed by atoms with Gasteiger partial charge >= 0.3 is 0 Å². The smallest absolute Gasteiger partial charge is 0.227 e. The maximum atomic E-state index is 13.5. The van der Waals surface area contributed by atoms with E-state index in [-0.39, 0.29) is 5.92 Å². The fourth-order valence-corrected chi connectivity index (χ4v) is 5.79. The van der Waals surface area contributed by atoms with Crippen LogP contribution in [0.25, 0.3) is 0 Å². The second-order valence-corrected chi connectivity index (χ2v) is 10.4. The fraction of sp³-hybridized carbons (Fsp3) is 0.640. The summed E-state index contributed by atoms with van der Waals surface area (Å²) in [5.41, 5.74) is 0.699. The summed E-state index contributed by atoms with van der Waals surface area (Å²) in [4.78, 5) is 20.3. The van der Waals surface area contributed by atoms with E-state index in [4.69, 9.17) is 4.74 Å². The van der Waals surface area contributed by atoms with Crippen molar-refractivity contribution in [3.8, 4) is 5.75 Å². The molecule has 34 heavy (non-hydrogen) atoms. The highest BCUT2D eigenvalue weighted by atomic mass is 16.5. The van der Waals surface area contributed by atoms with Crippen LogP contribution >= 0.6 is 0 Å². The first-order chi connectivity index (χ1) is 16.3. The van der Waals surface area contributed by atoms with Gasteiger partial charge in [0, 0.05) is 38.8 Å². The number of piperidine rings is 3. The number of aromatic nitrogens is 3.